The number of benzene rings is 2. The molecule has 4 rings (SSSR count). The smallest absolute Gasteiger partial charge is 0.340 e. The minimum atomic E-state index is -4.40. The van der Waals surface area contributed by atoms with Crippen LogP contribution in [0.2, 0.25) is 0 Å². The average Bonchev–Trinajstić information content (AvgIpc) is 3.14. The number of alkyl halides is 3. The van der Waals surface area contributed by atoms with Crippen LogP contribution < -0.4 is 5.32 Å². The number of hydrogen-bond donors (Lipinski definition) is 1. The minimum Gasteiger partial charge on any atom is -0.340 e. The van der Waals surface area contributed by atoms with Crippen LogP contribution in [0.4, 0.5) is 13.2 Å². The Labute approximate surface area is 199 Å². The number of amides is 1. The van der Waals surface area contributed by atoms with Gasteiger partial charge in [0, 0.05) is 39.8 Å². The fraction of sp³-hybridized carbons (Fsp3) is 0.435. The predicted molar refractivity (Wildman–Crippen MR) is 123 cm³/mol. The lowest BCUT2D eigenvalue weighted by atomic mass is 9.87. The van der Waals surface area contributed by atoms with Crippen molar-refractivity contribution in [2.24, 2.45) is 0 Å². The number of carbonyl (C=O) groups is 1. The lowest BCUT2D eigenvalue weighted by Crippen LogP contribution is -2.60. The maximum Gasteiger partial charge on any atom is 0.416 e. The molecule has 1 amide bonds. The van der Waals surface area contributed by atoms with Gasteiger partial charge in [-0.25, -0.2) is 0 Å². The third kappa shape index (κ3) is 4.91. The summed E-state index contributed by atoms with van der Waals surface area (Å²) in [4.78, 5) is 17.7. The summed E-state index contributed by atoms with van der Waals surface area (Å²) in [6, 6.07) is 13.3. The highest BCUT2D eigenvalue weighted by Gasteiger charge is 2.51. The molecule has 0 bridgehead atoms. The standard InChI is InChI=1S/C23H26F3N3O.2ClH/c1-28(16-17-5-4-7-19(15-17)23(24,25)26)21(30)22(29-13-11-27-12-14-29)10-9-18-6-2-3-8-20(18)22;;/h2-8,15,27H,9-14,16H2,1H3;2*1H. The summed E-state index contributed by atoms with van der Waals surface area (Å²) >= 11 is 0. The number of rotatable bonds is 4. The van der Waals surface area contributed by atoms with Crippen LogP contribution >= 0.6 is 24.8 Å². The van der Waals surface area contributed by atoms with Crippen molar-refractivity contribution in [3.63, 3.8) is 0 Å². The third-order valence-corrected chi connectivity index (χ3v) is 6.25. The van der Waals surface area contributed by atoms with Crippen LogP contribution in [-0.2, 0) is 29.5 Å². The molecule has 1 aliphatic carbocycles. The second-order valence-corrected chi connectivity index (χ2v) is 8.11. The quantitative estimate of drug-likeness (QED) is 0.696. The van der Waals surface area contributed by atoms with E-state index in [0.29, 0.717) is 12.0 Å². The van der Waals surface area contributed by atoms with Gasteiger partial charge in [-0.15, -0.1) is 24.8 Å². The number of hydrogen-bond acceptors (Lipinski definition) is 3. The number of halogens is 5. The number of aryl methyl sites for hydroxylation is 1. The molecule has 1 fully saturated rings. The summed E-state index contributed by atoms with van der Waals surface area (Å²) in [5, 5.41) is 3.33. The van der Waals surface area contributed by atoms with Crippen molar-refractivity contribution in [2.75, 3.05) is 33.2 Å². The van der Waals surface area contributed by atoms with E-state index >= 15 is 0 Å². The van der Waals surface area contributed by atoms with Gasteiger partial charge >= 0.3 is 6.18 Å². The molecule has 0 radical (unpaired) electrons. The fourth-order valence-corrected chi connectivity index (χ4v) is 4.83. The summed E-state index contributed by atoms with van der Waals surface area (Å²) in [7, 11) is 1.69. The van der Waals surface area contributed by atoms with Gasteiger partial charge in [0.25, 0.3) is 0 Å². The van der Waals surface area contributed by atoms with E-state index in [1.54, 1.807) is 18.0 Å². The normalized spacial score (nSPS) is 20.6. The first-order chi connectivity index (χ1) is 14.3. The monoisotopic (exact) mass is 489 g/mol. The molecule has 1 saturated heterocycles. The van der Waals surface area contributed by atoms with Crippen LogP contribution in [0.25, 0.3) is 0 Å². The van der Waals surface area contributed by atoms with Gasteiger partial charge in [0.1, 0.15) is 5.54 Å². The van der Waals surface area contributed by atoms with Crippen molar-refractivity contribution in [1.29, 1.82) is 0 Å². The van der Waals surface area contributed by atoms with Gasteiger partial charge in [-0.1, -0.05) is 36.4 Å². The average molecular weight is 490 g/mol. The molecule has 176 valence electrons. The predicted octanol–water partition coefficient (Wildman–Crippen LogP) is 4.25. The molecule has 2 aromatic carbocycles. The van der Waals surface area contributed by atoms with Gasteiger partial charge in [0.15, 0.2) is 0 Å². The van der Waals surface area contributed by atoms with E-state index in [2.05, 4.69) is 16.3 Å². The number of likely N-dealkylation sites (N-methyl/N-ethyl adjacent to an activating group) is 1. The Morgan fingerprint density at radius 2 is 1.78 bits per heavy atom. The summed E-state index contributed by atoms with van der Waals surface area (Å²) in [6.07, 6.45) is -2.88. The van der Waals surface area contributed by atoms with E-state index in [1.807, 2.05) is 18.2 Å². The van der Waals surface area contributed by atoms with E-state index in [4.69, 9.17) is 0 Å². The lowest BCUT2D eigenvalue weighted by Gasteiger charge is -2.44. The van der Waals surface area contributed by atoms with Gasteiger partial charge in [0.2, 0.25) is 5.91 Å². The third-order valence-electron chi connectivity index (χ3n) is 6.25. The Kier molecular flexibility index (Phi) is 8.62. The number of nitrogens with zero attached hydrogens (tertiary/aromatic N) is 2. The molecule has 32 heavy (non-hydrogen) atoms. The highest BCUT2D eigenvalue weighted by molar-refractivity contribution is 5.89. The Hall–Kier alpha value is -1.80. The molecule has 2 aliphatic rings. The Bertz CT molecular complexity index is 935. The van der Waals surface area contributed by atoms with E-state index in [-0.39, 0.29) is 37.3 Å². The molecule has 0 aromatic heterocycles. The zero-order chi connectivity index (χ0) is 21.4. The van der Waals surface area contributed by atoms with Crippen molar-refractivity contribution in [1.82, 2.24) is 15.1 Å². The molecule has 1 unspecified atom stereocenters. The molecular formula is C23H28Cl2F3N3O. The lowest BCUT2D eigenvalue weighted by molar-refractivity contribution is -0.145. The zero-order valence-electron chi connectivity index (χ0n) is 17.8. The van der Waals surface area contributed by atoms with E-state index < -0.39 is 17.3 Å². The molecule has 9 heteroatoms. The first-order valence-corrected chi connectivity index (χ1v) is 10.3. The molecule has 1 atom stereocenters. The molecule has 2 aromatic rings. The molecular weight excluding hydrogens is 462 g/mol. The van der Waals surface area contributed by atoms with Crippen LogP contribution in [0.15, 0.2) is 48.5 Å². The number of carbonyl (C=O) groups excluding carboxylic acids is 1. The van der Waals surface area contributed by atoms with Gasteiger partial charge < -0.3 is 10.2 Å². The van der Waals surface area contributed by atoms with Crippen molar-refractivity contribution >= 4 is 30.7 Å². The molecule has 1 heterocycles. The van der Waals surface area contributed by atoms with Crippen LogP contribution in [0.3, 0.4) is 0 Å². The van der Waals surface area contributed by atoms with Crippen molar-refractivity contribution in [3.8, 4) is 0 Å². The van der Waals surface area contributed by atoms with Gasteiger partial charge in [-0.05, 0) is 41.7 Å². The van der Waals surface area contributed by atoms with Crippen LogP contribution in [0, 0.1) is 0 Å². The van der Waals surface area contributed by atoms with Gasteiger partial charge in [0.05, 0.1) is 5.56 Å². The maximum absolute atomic E-state index is 13.9. The minimum absolute atomic E-state index is 0. The SMILES string of the molecule is CN(Cc1cccc(C(F)(F)F)c1)C(=O)C1(N2CCNCC2)CCc2ccccc21.Cl.Cl. The first kappa shape index (κ1) is 26.5. The highest BCUT2D eigenvalue weighted by Crippen LogP contribution is 2.43. The summed E-state index contributed by atoms with van der Waals surface area (Å²) in [5.74, 6) is -0.0493. The molecule has 1 N–H and O–H groups in total. The summed E-state index contributed by atoms with van der Waals surface area (Å²) < 4.78 is 39.3. The van der Waals surface area contributed by atoms with Gasteiger partial charge in [-0.2, -0.15) is 13.2 Å². The zero-order valence-corrected chi connectivity index (χ0v) is 19.5. The van der Waals surface area contributed by atoms with Crippen molar-refractivity contribution in [3.05, 3.63) is 70.8 Å². The molecule has 0 saturated carbocycles. The fourth-order valence-electron chi connectivity index (χ4n) is 4.83. The van der Waals surface area contributed by atoms with Crippen LogP contribution in [0.1, 0.15) is 28.7 Å². The summed E-state index contributed by atoms with van der Waals surface area (Å²) in [6.45, 7) is 3.29. The van der Waals surface area contributed by atoms with Crippen LogP contribution in [-0.4, -0.2) is 48.9 Å². The second kappa shape index (κ2) is 10.4. The van der Waals surface area contributed by atoms with Crippen molar-refractivity contribution in [2.45, 2.75) is 31.1 Å². The number of piperazine rings is 1. The van der Waals surface area contributed by atoms with Gasteiger partial charge in [-0.3, -0.25) is 9.69 Å². The van der Waals surface area contributed by atoms with E-state index in [1.165, 1.54) is 11.6 Å². The van der Waals surface area contributed by atoms with E-state index in [9.17, 15) is 18.0 Å². The maximum atomic E-state index is 13.9. The number of fused-ring (bicyclic) bond motifs is 1. The number of nitrogens with one attached hydrogen (secondary N) is 1. The summed E-state index contributed by atoms with van der Waals surface area (Å²) in [5.41, 5.74) is 1.24. The topological polar surface area (TPSA) is 35.6 Å². The Morgan fingerprint density at radius 1 is 1.09 bits per heavy atom. The Balaban J connectivity index is 0.00000181. The van der Waals surface area contributed by atoms with Crippen molar-refractivity contribution < 1.29 is 18.0 Å². The molecule has 1 aliphatic heterocycles. The molecule has 0 spiro atoms. The Morgan fingerprint density at radius 3 is 2.47 bits per heavy atom. The largest absolute Gasteiger partial charge is 0.416 e. The second-order valence-electron chi connectivity index (χ2n) is 8.11. The highest BCUT2D eigenvalue weighted by atomic mass is 35.5. The first-order valence-electron chi connectivity index (χ1n) is 10.3. The van der Waals surface area contributed by atoms with E-state index in [0.717, 1.165) is 50.3 Å². The molecule has 4 nitrogen and oxygen atoms in total. The van der Waals surface area contributed by atoms with Crippen LogP contribution in [0.5, 0.6) is 0 Å².